The van der Waals surface area contributed by atoms with Gasteiger partial charge < -0.3 is 0 Å². The standard InChI is InChI=1S/C3H8.CH4.9Ar.H2S/c1-3-2;;;;;;;;;;;/h3H2,1-2H3;1H4;;;;;;;;;;1H2. The van der Waals surface area contributed by atoms with Gasteiger partial charge in [0.15, 0.2) is 0 Å². The third kappa shape index (κ3) is 89.3. The smallest absolute Gasteiger partial charge is 0 e. The van der Waals surface area contributed by atoms with Gasteiger partial charge in [-0.1, -0.05) is 27.7 Å². The van der Waals surface area contributed by atoms with Crippen molar-refractivity contribution in [2.24, 2.45) is 0 Å². The molecule has 108 valence electrons. The third-order valence-electron chi connectivity index (χ3n) is 0. The second kappa shape index (κ2) is 86.1. The van der Waals surface area contributed by atoms with Gasteiger partial charge in [-0.05, 0) is 0 Å². The molecule has 0 aliphatic heterocycles. The molecular weight excluding hydrogens is 440 g/mol. The minimum atomic E-state index is 0. The Morgan fingerprint density at radius 3 is 0.500 bits per heavy atom. The largest absolute Gasteiger partial charge is 0.197 e. The molecule has 0 saturated heterocycles. The van der Waals surface area contributed by atoms with Crippen molar-refractivity contribution in [1.82, 2.24) is 0 Å². The Labute approximate surface area is 367 Å². The van der Waals surface area contributed by atoms with Crippen molar-refractivity contribution in [3.63, 3.8) is 0 Å². The molecule has 0 aliphatic carbocycles. The molecule has 0 heterocycles. The summed E-state index contributed by atoms with van der Waals surface area (Å²) in [6, 6.07) is 0. The van der Waals surface area contributed by atoms with Crippen molar-refractivity contribution in [3.8, 4) is 0 Å². The summed E-state index contributed by atoms with van der Waals surface area (Å²) >= 11 is 0. The second-order valence-corrected chi connectivity index (χ2v) is 0.707. The molecule has 0 aliphatic rings. The maximum absolute atomic E-state index is 2.12. The molecule has 0 fully saturated rings. The molecule has 0 radical (unpaired) electrons. The van der Waals surface area contributed by atoms with Gasteiger partial charge in [-0.3, -0.25) is 0 Å². The van der Waals surface area contributed by atoms with Crippen molar-refractivity contribution < 1.29 is 340 Å². The predicted octanol–water partition coefficient (Wildman–Crippen LogP) is 2.17. The quantitative estimate of drug-likeness (QED) is 0.527. The molecule has 0 atom stereocenters. The van der Waals surface area contributed by atoms with E-state index in [1.54, 1.807) is 0 Å². The molecule has 0 saturated carbocycles. The summed E-state index contributed by atoms with van der Waals surface area (Å²) in [7, 11) is 0. The van der Waals surface area contributed by atoms with Gasteiger partial charge in [-0.15, -0.1) is 0 Å². The third-order valence-corrected chi connectivity index (χ3v) is 0. The topological polar surface area (TPSA) is 0 Å². The van der Waals surface area contributed by atoms with E-state index in [2.05, 4.69) is 13.8 Å². The Morgan fingerprint density at radius 1 is 0.500 bits per heavy atom. The second-order valence-electron chi connectivity index (χ2n) is 0.707. The van der Waals surface area contributed by atoms with E-state index < -0.39 is 0 Å². The van der Waals surface area contributed by atoms with E-state index in [1.165, 1.54) is 6.42 Å². The van der Waals surface area contributed by atoms with Crippen LogP contribution in [0.5, 0.6) is 0 Å². The van der Waals surface area contributed by atoms with Gasteiger partial charge in [-0.25, -0.2) is 0 Å². The van der Waals surface area contributed by atoms with Gasteiger partial charge in [0.1, 0.15) is 0 Å². The maximum atomic E-state index is 2.12. The van der Waals surface area contributed by atoms with Crippen LogP contribution in [-0.4, -0.2) is 0 Å². The summed E-state index contributed by atoms with van der Waals surface area (Å²) in [5.74, 6) is 0. The summed E-state index contributed by atoms with van der Waals surface area (Å²) in [6.07, 6.45) is 1.25. The van der Waals surface area contributed by atoms with Gasteiger partial charge in [0.25, 0.3) is 0 Å². The Kier molecular flexibility index (Phi) is 514. The summed E-state index contributed by atoms with van der Waals surface area (Å²) in [5, 5.41) is 0. The molecule has 14 heavy (non-hydrogen) atoms. The van der Waals surface area contributed by atoms with E-state index >= 15 is 0 Å². The molecule has 0 bridgehead atoms. The summed E-state index contributed by atoms with van der Waals surface area (Å²) in [6.45, 7) is 4.25. The summed E-state index contributed by atoms with van der Waals surface area (Å²) < 4.78 is 0. The van der Waals surface area contributed by atoms with Crippen LogP contribution in [0.25, 0.3) is 0 Å². The van der Waals surface area contributed by atoms with Crippen LogP contribution in [0.3, 0.4) is 0 Å². The van der Waals surface area contributed by atoms with Gasteiger partial charge >= 0.3 is 0 Å². The maximum Gasteiger partial charge on any atom is 0 e. The predicted molar refractivity (Wildman–Crippen MR) is 33.1 cm³/mol. The van der Waals surface area contributed by atoms with Crippen LogP contribution in [0, 0.1) is 340 Å². The Bertz CT molecular complexity index is 16.8. The minimum Gasteiger partial charge on any atom is -0.197 e. The van der Waals surface area contributed by atoms with Crippen molar-refractivity contribution >= 4 is 13.5 Å². The molecule has 0 amide bonds. The molecule has 0 N–H and O–H groups in total. The normalized spacial score (nSPS) is 1.29. The number of rotatable bonds is 0. The minimum absolute atomic E-state index is 0. The van der Waals surface area contributed by atoms with Crippen LogP contribution in [0.2, 0.25) is 0 Å². The monoisotopic (exact) mass is 454 g/mol. The van der Waals surface area contributed by atoms with Crippen molar-refractivity contribution in [1.29, 1.82) is 0 Å². The SMILES string of the molecule is C.CCC.S.[Ar].[Ar].[Ar].[Ar].[Ar].[Ar].[Ar].[Ar].[Ar]. The number of hydrogen-bond acceptors (Lipinski definition) is 0. The first-order chi connectivity index (χ1) is 1.41. The fourth-order valence-electron chi connectivity index (χ4n) is 0. The zero-order valence-electron chi connectivity index (χ0n) is 6.39. The van der Waals surface area contributed by atoms with E-state index in [0.29, 0.717) is 0 Å². The Morgan fingerprint density at radius 2 is 0.500 bits per heavy atom. The van der Waals surface area contributed by atoms with Crippen molar-refractivity contribution in [2.75, 3.05) is 0 Å². The van der Waals surface area contributed by atoms with Gasteiger partial charge in [0, 0.05) is 340 Å². The molecule has 0 aromatic rings. The van der Waals surface area contributed by atoms with Crippen LogP contribution in [0.4, 0.5) is 0 Å². The molecule has 10 heteroatoms. The van der Waals surface area contributed by atoms with Crippen LogP contribution >= 0.6 is 13.5 Å². The molecule has 0 unspecified atom stereocenters. The Hall–Kier alpha value is 11.7. The molecule has 0 spiro atoms. The van der Waals surface area contributed by atoms with Gasteiger partial charge in [0.2, 0.25) is 0 Å². The van der Waals surface area contributed by atoms with Crippen molar-refractivity contribution in [2.45, 2.75) is 27.7 Å². The van der Waals surface area contributed by atoms with E-state index in [9.17, 15) is 0 Å². The van der Waals surface area contributed by atoms with E-state index in [0.717, 1.165) is 0 Å². The molecule has 0 aromatic heterocycles. The molecule has 0 rings (SSSR count). The number of hydrogen-bond donors (Lipinski definition) is 0. The zero-order chi connectivity index (χ0) is 2.71. The summed E-state index contributed by atoms with van der Waals surface area (Å²) in [5.41, 5.74) is 0. The zero-order valence-corrected chi connectivity index (χ0v) is 13.8. The van der Waals surface area contributed by atoms with Crippen LogP contribution in [-0.2, 0) is 0 Å². The van der Waals surface area contributed by atoms with Gasteiger partial charge in [-0.2, -0.15) is 13.5 Å². The fraction of sp³-hybridized carbons (Fsp3) is 1.00. The van der Waals surface area contributed by atoms with E-state index in [1.807, 2.05) is 0 Å². The van der Waals surface area contributed by atoms with E-state index in [4.69, 9.17) is 0 Å². The molecular formula is C4H14Ar9S. The van der Waals surface area contributed by atoms with Crippen LogP contribution in [0.15, 0.2) is 0 Å². The Balaban J connectivity index is -0.000000000364. The van der Waals surface area contributed by atoms with E-state index in [-0.39, 0.29) is 361 Å². The van der Waals surface area contributed by atoms with Crippen molar-refractivity contribution in [3.05, 3.63) is 0 Å². The first kappa shape index (κ1) is 83.6. The average molecular weight is 454 g/mol. The summed E-state index contributed by atoms with van der Waals surface area (Å²) in [4.78, 5) is 0. The van der Waals surface area contributed by atoms with Gasteiger partial charge in [0.05, 0.1) is 0 Å². The first-order valence-corrected chi connectivity index (χ1v) is 1.41. The van der Waals surface area contributed by atoms with Crippen LogP contribution in [0.1, 0.15) is 27.7 Å². The average Bonchev–Trinajstić information content (AvgIpc) is 0.918. The molecule has 0 nitrogen and oxygen atoms in total. The fourth-order valence-corrected chi connectivity index (χ4v) is 0. The molecule has 0 aromatic carbocycles. The van der Waals surface area contributed by atoms with Crippen LogP contribution < -0.4 is 0 Å². The first-order valence-electron chi connectivity index (χ1n) is 1.41.